The normalized spacial score (nSPS) is 14.2. The summed E-state index contributed by atoms with van der Waals surface area (Å²) in [7, 11) is 0. The lowest BCUT2D eigenvalue weighted by Crippen LogP contribution is -2.30. The molecule has 0 amide bonds. The Morgan fingerprint density at radius 3 is 2.70 bits per heavy atom. The largest absolute Gasteiger partial charge is 0.307 e. The van der Waals surface area contributed by atoms with E-state index in [2.05, 4.69) is 49.5 Å². The van der Waals surface area contributed by atoms with Crippen LogP contribution in [0.1, 0.15) is 32.4 Å². The van der Waals surface area contributed by atoms with Gasteiger partial charge in [-0.2, -0.15) is 16.9 Å². The van der Waals surface area contributed by atoms with Gasteiger partial charge in [-0.05, 0) is 31.7 Å². The van der Waals surface area contributed by atoms with E-state index in [9.17, 15) is 0 Å². The van der Waals surface area contributed by atoms with Crippen LogP contribution < -0.4 is 5.32 Å². The Balaban J connectivity index is 1.98. The van der Waals surface area contributed by atoms with Crippen LogP contribution in [0.4, 0.5) is 0 Å². The van der Waals surface area contributed by atoms with E-state index < -0.39 is 0 Å². The van der Waals surface area contributed by atoms with Crippen molar-refractivity contribution in [2.45, 2.75) is 32.9 Å². The lowest BCUT2D eigenvalue weighted by atomic mass is 10.2. The topological polar surface area (TPSA) is 29.9 Å². The highest BCUT2D eigenvalue weighted by Gasteiger charge is 2.11. The number of aromatic nitrogens is 2. The molecule has 1 aromatic heterocycles. The minimum Gasteiger partial charge on any atom is -0.307 e. The standard InChI is InChI=1S/C16H23N3S/c1-4-20-12-13(2)18-14(3)15-10-17-19(11-15)16-8-6-5-7-9-16/h5-11,13-14,18H,4,12H2,1-3H3. The molecule has 4 heteroatoms. The van der Waals surface area contributed by atoms with E-state index in [0.29, 0.717) is 12.1 Å². The molecular weight excluding hydrogens is 266 g/mol. The quantitative estimate of drug-likeness (QED) is 0.843. The van der Waals surface area contributed by atoms with Gasteiger partial charge in [0.1, 0.15) is 0 Å². The molecule has 2 rings (SSSR count). The van der Waals surface area contributed by atoms with Crippen LogP contribution in [0, 0.1) is 0 Å². The number of nitrogens with zero attached hydrogens (tertiary/aromatic N) is 2. The van der Waals surface area contributed by atoms with Crippen LogP contribution in [-0.4, -0.2) is 27.3 Å². The zero-order valence-electron chi connectivity index (χ0n) is 12.4. The number of rotatable bonds is 7. The summed E-state index contributed by atoms with van der Waals surface area (Å²) >= 11 is 1.97. The van der Waals surface area contributed by atoms with Crippen molar-refractivity contribution in [2.24, 2.45) is 0 Å². The minimum absolute atomic E-state index is 0.319. The van der Waals surface area contributed by atoms with Crippen LogP contribution in [-0.2, 0) is 0 Å². The third-order valence-corrected chi connectivity index (χ3v) is 4.37. The van der Waals surface area contributed by atoms with Crippen molar-refractivity contribution in [1.29, 1.82) is 0 Å². The molecule has 1 heterocycles. The number of hydrogen-bond acceptors (Lipinski definition) is 3. The van der Waals surface area contributed by atoms with Crippen molar-refractivity contribution < 1.29 is 0 Å². The van der Waals surface area contributed by atoms with Crippen LogP contribution in [0.2, 0.25) is 0 Å². The highest BCUT2D eigenvalue weighted by atomic mass is 32.2. The number of benzene rings is 1. The van der Waals surface area contributed by atoms with Crippen molar-refractivity contribution in [2.75, 3.05) is 11.5 Å². The van der Waals surface area contributed by atoms with Gasteiger partial charge in [-0.25, -0.2) is 4.68 Å². The van der Waals surface area contributed by atoms with E-state index in [4.69, 9.17) is 0 Å². The fourth-order valence-electron chi connectivity index (χ4n) is 2.15. The minimum atomic E-state index is 0.319. The summed E-state index contributed by atoms with van der Waals surface area (Å²) in [5.41, 5.74) is 2.32. The monoisotopic (exact) mass is 289 g/mol. The van der Waals surface area contributed by atoms with Crippen molar-refractivity contribution in [1.82, 2.24) is 15.1 Å². The Hall–Kier alpha value is -1.26. The highest BCUT2D eigenvalue weighted by molar-refractivity contribution is 7.99. The van der Waals surface area contributed by atoms with Gasteiger partial charge in [0.25, 0.3) is 0 Å². The number of nitrogens with one attached hydrogen (secondary N) is 1. The van der Waals surface area contributed by atoms with Gasteiger partial charge in [0.15, 0.2) is 0 Å². The zero-order valence-corrected chi connectivity index (χ0v) is 13.2. The van der Waals surface area contributed by atoms with Crippen molar-refractivity contribution in [3.05, 3.63) is 48.3 Å². The molecule has 2 aromatic rings. The average Bonchev–Trinajstić information content (AvgIpc) is 2.96. The van der Waals surface area contributed by atoms with E-state index in [-0.39, 0.29) is 0 Å². The maximum atomic E-state index is 4.45. The first-order valence-corrected chi connectivity index (χ1v) is 8.30. The Kier molecular flexibility index (Phi) is 5.68. The lowest BCUT2D eigenvalue weighted by Gasteiger charge is -2.18. The van der Waals surface area contributed by atoms with Gasteiger partial charge in [0.05, 0.1) is 11.9 Å². The molecule has 0 fully saturated rings. The molecule has 20 heavy (non-hydrogen) atoms. The summed E-state index contributed by atoms with van der Waals surface area (Å²) in [6, 6.07) is 11.0. The van der Waals surface area contributed by atoms with Gasteiger partial charge in [-0.3, -0.25) is 0 Å². The Morgan fingerprint density at radius 1 is 1.25 bits per heavy atom. The van der Waals surface area contributed by atoms with E-state index in [1.54, 1.807) is 0 Å². The molecule has 0 spiro atoms. The second-order valence-corrected chi connectivity index (χ2v) is 6.32. The molecule has 2 unspecified atom stereocenters. The fraction of sp³-hybridized carbons (Fsp3) is 0.438. The van der Waals surface area contributed by atoms with Crippen molar-refractivity contribution in [3.8, 4) is 5.69 Å². The first-order chi connectivity index (χ1) is 9.70. The number of thioether (sulfide) groups is 1. The molecule has 1 N–H and O–H groups in total. The predicted octanol–water partition coefficient (Wildman–Crippen LogP) is 3.66. The molecule has 108 valence electrons. The second kappa shape index (κ2) is 7.50. The third-order valence-electron chi connectivity index (χ3n) is 3.23. The van der Waals surface area contributed by atoms with Gasteiger partial charge >= 0.3 is 0 Å². The summed E-state index contributed by atoms with van der Waals surface area (Å²) in [5, 5.41) is 8.07. The van der Waals surface area contributed by atoms with Gasteiger partial charge in [-0.1, -0.05) is 25.1 Å². The van der Waals surface area contributed by atoms with Crippen LogP contribution >= 0.6 is 11.8 Å². The summed E-state index contributed by atoms with van der Waals surface area (Å²) in [4.78, 5) is 0. The smallest absolute Gasteiger partial charge is 0.0645 e. The molecule has 0 aliphatic rings. The average molecular weight is 289 g/mol. The molecule has 0 aliphatic heterocycles. The first kappa shape index (κ1) is 15.1. The summed E-state index contributed by atoms with van der Waals surface area (Å²) in [6.07, 6.45) is 4.05. The SMILES string of the molecule is CCSCC(C)NC(C)c1cnn(-c2ccccc2)c1. The van der Waals surface area contributed by atoms with E-state index in [0.717, 1.165) is 11.4 Å². The molecule has 3 nitrogen and oxygen atoms in total. The van der Waals surface area contributed by atoms with E-state index >= 15 is 0 Å². The molecule has 2 atom stereocenters. The molecule has 1 aromatic carbocycles. The van der Waals surface area contributed by atoms with Gasteiger partial charge < -0.3 is 5.32 Å². The molecule has 0 saturated carbocycles. The summed E-state index contributed by atoms with van der Waals surface area (Å²) in [6.45, 7) is 6.63. The van der Waals surface area contributed by atoms with Gasteiger partial charge in [0.2, 0.25) is 0 Å². The summed E-state index contributed by atoms with van der Waals surface area (Å²) < 4.78 is 1.93. The first-order valence-electron chi connectivity index (χ1n) is 7.14. The molecular formula is C16H23N3S. The van der Waals surface area contributed by atoms with Crippen molar-refractivity contribution >= 4 is 11.8 Å². The third kappa shape index (κ3) is 4.12. The summed E-state index contributed by atoms with van der Waals surface area (Å²) in [5.74, 6) is 2.32. The Morgan fingerprint density at radius 2 is 2.00 bits per heavy atom. The van der Waals surface area contributed by atoms with E-state index in [1.807, 2.05) is 40.8 Å². The predicted molar refractivity (Wildman–Crippen MR) is 87.6 cm³/mol. The zero-order chi connectivity index (χ0) is 14.4. The van der Waals surface area contributed by atoms with Gasteiger partial charge in [0, 0.05) is 29.6 Å². The van der Waals surface area contributed by atoms with E-state index in [1.165, 1.54) is 11.3 Å². The van der Waals surface area contributed by atoms with Crippen LogP contribution in [0.3, 0.4) is 0 Å². The van der Waals surface area contributed by atoms with Crippen molar-refractivity contribution in [3.63, 3.8) is 0 Å². The Bertz CT molecular complexity index is 509. The lowest BCUT2D eigenvalue weighted by molar-refractivity contribution is 0.511. The second-order valence-electron chi connectivity index (χ2n) is 5.00. The maximum absolute atomic E-state index is 4.45. The van der Waals surface area contributed by atoms with Crippen LogP contribution in [0.15, 0.2) is 42.7 Å². The fourth-order valence-corrected chi connectivity index (χ4v) is 2.83. The van der Waals surface area contributed by atoms with Gasteiger partial charge in [-0.15, -0.1) is 0 Å². The maximum Gasteiger partial charge on any atom is 0.0645 e. The number of para-hydroxylation sites is 1. The molecule has 0 aliphatic carbocycles. The molecule has 0 radical (unpaired) electrons. The number of hydrogen-bond donors (Lipinski definition) is 1. The Labute approximate surface area is 125 Å². The molecule has 0 bridgehead atoms. The highest BCUT2D eigenvalue weighted by Crippen LogP contribution is 2.15. The van der Waals surface area contributed by atoms with Crippen LogP contribution in [0.25, 0.3) is 5.69 Å². The molecule has 0 saturated heterocycles. The van der Waals surface area contributed by atoms with Crippen LogP contribution in [0.5, 0.6) is 0 Å².